The highest BCUT2D eigenvalue weighted by Crippen LogP contribution is 2.23. The third-order valence-electron chi connectivity index (χ3n) is 2.74. The predicted molar refractivity (Wildman–Crippen MR) is 79.4 cm³/mol. The van der Waals surface area contributed by atoms with Crippen LogP contribution in [0.1, 0.15) is 35.8 Å². The number of aromatic nitrogens is 2. The number of hydrogen-bond donors (Lipinski definition) is 1. The highest BCUT2D eigenvalue weighted by Gasteiger charge is 2.14. The molecule has 1 aromatic carbocycles. The Kier molecular flexibility index (Phi) is 4.04. The number of nitrogens with one attached hydrogen (secondary N) is 1. The molecular formula is C14H16BrN3O. The first kappa shape index (κ1) is 13.8. The van der Waals surface area contributed by atoms with E-state index in [1.54, 1.807) is 16.8 Å². The maximum absolute atomic E-state index is 12.2. The molecule has 0 radical (unpaired) electrons. The Bertz CT molecular complexity index is 604. The third kappa shape index (κ3) is 3.23. The summed E-state index contributed by atoms with van der Waals surface area (Å²) in [5, 5.41) is 7.28. The van der Waals surface area contributed by atoms with Crippen molar-refractivity contribution in [3.63, 3.8) is 0 Å². The van der Waals surface area contributed by atoms with Crippen LogP contribution in [0.25, 0.3) is 0 Å². The molecule has 0 fully saturated rings. The molecule has 0 aliphatic rings. The Morgan fingerprint density at radius 3 is 2.79 bits per heavy atom. The summed E-state index contributed by atoms with van der Waals surface area (Å²) in [5.74, 6) is 0.134. The van der Waals surface area contributed by atoms with Gasteiger partial charge in [-0.2, -0.15) is 5.10 Å². The van der Waals surface area contributed by atoms with Gasteiger partial charge in [-0.05, 0) is 24.1 Å². The average molecular weight is 322 g/mol. The van der Waals surface area contributed by atoms with E-state index < -0.39 is 0 Å². The Labute approximate surface area is 120 Å². The first-order chi connectivity index (χ1) is 8.97. The summed E-state index contributed by atoms with van der Waals surface area (Å²) >= 11 is 3.36. The van der Waals surface area contributed by atoms with E-state index in [1.807, 2.05) is 25.4 Å². The van der Waals surface area contributed by atoms with Crippen molar-refractivity contribution in [3.05, 3.63) is 46.2 Å². The Morgan fingerprint density at radius 2 is 2.16 bits per heavy atom. The van der Waals surface area contributed by atoms with Crippen molar-refractivity contribution in [2.45, 2.75) is 19.8 Å². The monoisotopic (exact) mass is 321 g/mol. The minimum Gasteiger partial charge on any atom is -0.319 e. The van der Waals surface area contributed by atoms with Gasteiger partial charge in [-0.3, -0.25) is 9.48 Å². The lowest BCUT2D eigenvalue weighted by molar-refractivity contribution is 0.102. The van der Waals surface area contributed by atoms with Crippen LogP contribution in [-0.4, -0.2) is 15.7 Å². The Morgan fingerprint density at radius 1 is 1.42 bits per heavy atom. The quantitative estimate of drug-likeness (QED) is 0.939. The van der Waals surface area contributed by atoms with Gasteiger partial charge in [-0.15, -0.1) is 0 Å². The lowest BCUT2D eigenvalue weighted by atomic mass is 10.1. The maximum atomic E-state index is 12.2. The summed E-state index contributed by atoms with van der Waals surface area (Å²) in [4.78, 5) is 12.2. The van der Waals surface area contributed by atoms with E-state index in [9.17, 15) is 4.79 Å². The number of carbonyl (C=O) groups excluding carboxylic acids is 1. The number of benzene rings is 1. The molecule has 0 bridgehead atoms. The summed E-state index contributed by atoms with van der Waals surface area (Å²) in [6.07, 6.45) is 1.82. The topological polar surface area (TPSA) is 46.9 Å². The number of hydrogen-bond acceptors (Lipinski definition) is 2. The van der Waals surface area contributed by atoms with Crippen molar-refractivity contribution in [1.29, 1.82) is 0 Å². The molecule has 4 nitrogen and oxygen atoms in total. The van der Waals surface area contributed by atoms with E-state index in [0.717, 1.165) is 15.9 Å². The molecule has 0 spiro atoms. The molecule has 5 heteroatoms. The number of aryl methyl sites for hydroxylation is 1. The van der Waals surface area contributed by atoms with Crippen LogP contribution in [0.4, 0.5) is 5.69 Å². The van der Waals surface area contributed by atoms with Crippen LogP contribution in [0.5, 0.6) is 0 Å². The van der Waals surface area contributed by atoms with Crippen molar-refractivity contribution in [2.75, 3.05) is 5.32 Å². The van der Waals surface area contributed by atoms with Gasteiger partial charge < -0.3 is 5.32 Å². The molecule has 0 unspecified atom stereocenters. The molecule has 0 atom stereocenters. The molecule has 19 heavy (non-hydrogen) atoms. The summed E-state index contributed by atoms with van der Waals surface area (Å²) < 4.78 is 2.60. The van der Waals surface area contributed by atoms with E-state index in [1.165, 1.54) is 0 Å². The molecule has 2 rings (SSSR count). The van der Waals surface area contributed by atoms with E-state index in [4.69, 9.17) is 0 Å². The van der Waals surface area contributed by atoms with Crippen molar-refractivity contribution in [1.82, 2.24) is 9.78 Å². The van der Waals surface area contributed by atoms with Crippen LogP contribution in [0.3, 0.4) is 0 Å². The fourth-order valence-corrected chi connectivity index (χ4v) is 2.25. The molecule has 1 aromatic heterocycles. The molecule has 0 aliphatic heterocycles. The second kappa shape index (κ2) is 5.57. The Balaban J connectivity index is 2.24. The number of carbonyl (C=O) groups is 1. The molecule has 100 valence electrons. The van der Waals surface area contributed by atoms with E-state index in [0.29, 0.717) is 5.56 Å². The van der Waals surface area contributed by atoms with Crippen LogP contribution in [0.2, 0.25) is 0 Å². The van der Waals surface area contributed by atoms with Crippen molar-refractivity contribution in [3.8, 4) is 0 Å². The summed E-state index contributed by atoms with van der Waals surface area (Å²) in [6.45, 7) is 4.11. The van der Waals surface area contributed by atoms with Gasteiger partial charge in [0.1, 0.15) is 0 Å². The van der Waals surface area contributed by atoms with Gasteiger partial charge in [0.05, 0.1) is 11.4 Å². The number of amides is 1. The SMILES string of the molecule is CC(C)c1nn(C)cc1NC(=O)c1cccc(Br)c1. The first-order valence-electron chi connectivity index (χ1n) is 6.08. The zero-order valence-electron chi connectivity index (χ0n) is 11.1. The van der Waals surface area contributed by atoms with E-state index >= 15 is 0 Å². The molecule has 0 saturated carbocycles. The molecule has 0 saturated heterocycles. The van der Waals surface area contributed by atoms with Crippen molar-refractivity contribution >= 4 is 27.5 Å². The molecular weight excluding hydrogens is 306 g/mol. The van der Waals surface area contributed by atoms with Crippen LogP contribution in [0.15, 0.2) is 34.9 Å². The molecule has 1 N–H and O–H groups in total. The molecule has 0 aliphatic carbocycles. The van der Waals surface area contributed by atoms with Gasteiger partial charge >= 0.3 is 0 Å². The minimum atomic E-state index is -0.129. The van der Waals surface area contributed by atoms with Crippen LogP contribution < -0.4 is 5.32 Å². The molecule has 1 amide bonds. The van der Waals surface area contributed by atoms with Gasteiger partial charge in [-0.25, -0.2) is 0 Å². The summed E-state index contributed by atoms with van der Waals surface area (Å²) in [6, 6.07) is 7.30. The van der Waals surface area contributed by atoms with Crippen LogP contribution in [0, 0.1) is 0 Å². The van der Waals surface area contributed by atoms with Gasteiger partial charge in [0.2, 0.25) is 0 Å². The first-order valence-corrected chi connectivity index (χ1v) is 6.87. The van der Waals surface area contributed by atoms with E-state index in [-0.39, 0.29) is 11.8 Å². The second-order valence-corrected chi connectivity index (χ2v) is 5.64. The maximum Gasteiger partial charge on any atom is 0.255 e. The fraction of sp³-hybridized carbons (Fsp3) is 0.286. The second-order valence-electron chi connectivity index (χ2n) is 4.72. The fourth-order valence-electron chi connectivity index (χ4n) is 1.85. The summed E-state index contributed by atoms with van der Waals surface area (Å²) in [5.41, 5.74) is 2.28. The predicted octanol–water partition coefficient (Wildman–Crippen LogP) is 3.56. The smallest absolute Gasteiger partial charge is 0.255 e. The van der Waals surface area contributed by atoms with Gasteiger partial charge in [-0.1, -0.05) is 35.8 Å². The molecule has 2 aromatic rings. The highest BCUT2D eigenvalue weighted by molar-refractivity contribution is 9.10. The van der Waals surface area contributed by atoms with Gasteiger partial charge in [0.25, 0.3) is 5.91 Å². The lowest BCUT2D eigenvalue weighted by Gasteiger charge is -2.07. The minimum absolute atomic E-state index is 0.129. The lowest BCUT2D eigenvalue weighted by Crippen LogP contribution is -2.12. The van der Waals surface area contributed by atoms with Crippen LogP contribution >= 0.6 is 15.9 Å². The van der Waals surface area contributed by atoms with Gasteiger partial charge in [0.15, 0.2) is 0 Å². The molecule has 1 heterocycles. The average Bonchev–Trinajstić information content (AvgIpc) is 2.70. The zero-order valence-corrected chi connectivity index (χ0v) is 12.7. The van der Waals surface area contributed by atoms with Crippen molar-refractivity contribution in [2.24, 2.45) is 7.05 Å². The number of nitrogens with zero attached hydrogens (tertiary/aromatic N) is 2. The Hall–Kier alpha value is -1.62. The van der Waals surface area contributed by atoms with E-state index in [2.05, 4.69) is 40.2 Å². The third-order valence-corrected chi connectivity index (χ3v) is 3.23. The summed E-state index contributed by atoms with van der Waals surface area (Å²) in [7, 11) is 1.85. The largest absolute Gasteiger partial charge is 0.319 e. The number of anilines is 1. The standard InChI is InChI=1S/C14H16BrN3O/c1-9(2)13-12(8-18(3)17-13)16-14(19)10-5-4-6-11(15)7-10/h4-9H,1-3H3,(H,16,19). The number of rotatable bonds is 3. The van der Waals surface area contributed by atoms with Gasteiger partial charge in [0, 0.05) is 23.3 Å². The van der Waals surface area contributed by atoms with Crippen molar-refractivity contribution < 1.29 is 4.79 Å². The zero-order chi connectivity index (χ0) is 14.0. The number of halogens is 1. The van der Waals surface area contributed by atoms with Crippen LogP contribution in [-0.2, 0) is 7.05 Å². The highest BCUT2D eigenvalue weighted by atomic mass is 79.9. The normalized spacial score (nSPS) is 10.8.